The quantitative estimate of drug-likeness (QED) is 0.652. The molecule has 2 aliphatic heterocycles. The Balaban J connectivity index is 0.00000147. The number of thioether (sulfide) groups is 2. The van der Waals surface area contributed by atoms with Crippen molar-refractivity contribution >= 4 is 59.1 Å². The van der Waals surface area contributed by atoms with E-state index < -0.39 is 5.97 Å². The molecule has 6 nitrogen and oxygen atoms in total. The molecule has 0 radical (unpaired) electrons. The van der Waals surface area contributed by atoms with Gasteiger partial charge >= 0.3 is 5.97 Å². The minimum atomic E-state index is -1.02. The molecule has 0 unspecified atom stereocenters. The lowest BCUT2D eigenvalue weighted by atomic mass is 10.1. The highest BCUT2D eigenvalue weighted by Crippen LogP contribution is 2.41. The van der Waals surface area contributed by atoms with Gasteiger partial charge in [-0.3, -0.25) is 9.69 Å². The molecule has 3 heterocycles. The van der Waals surface area contributed by atoms with Crippen molar-refractivity contribution in [1.29, 1.82) is 0 Å². The van der Waals surface area contributed by atoms with Gasteiger partial charge in [0.1, 0.15) is 11.2 Å². The summed E-state index contributed by atoms with van der Waals surface area (Å²) in [5.41, 5.74) is 2.58. The van der Waals surface area contributed by atoms with Gasteiger partial charge in [-0.05, 0) is 5.57 Å². The molecule has 0 aliphatic carbocycles. The first-order valence-electron chi connectivity index (χ1n) is 5.44. The Morgan fingerprint density at radius 3 is 3.00 bits per heavy atom. The number of hydrogen-bond acceptors (Lipinski definition) is 7. The monoisotopic (exact) mass is 351 g/mol. The van der Waals surface area contributed by atoms with Crippen LogP contribution in [0.4, 0.5) is 0 Å². The van der Waals surface area contributed by atoms with E-state index in [-0.39, 0.29) is 29.4 Å². The maximum absolute atomic E-state index is 11.5. The van der Waals surface area contributed by atoms with E-state index >= 15 is 0 Å². The number of carboxylic acid groups (broad SMARTS) is 1. The molecule has 108 valence electrons. The van der Waals surface area contributed by atoms with Crippen LogP contribution in [-0.2, 0) is 9.59 Å². The maximum atomic E-state index is 11.5. The number of fused-ring (bicyclic) bond motifs is 1. The normalized spacial score (nSPS) is 21.1. The van der Waals surface area contributed by atoms with Crippen LogP contribution in [0.15, 0.2) is 21.1 Å². The first kappa shape index (κ1) is 15.6. The number of carbonyl (C=O) groups is 2. The van der Waals surface area contributed by atoms with E-state index in [1.165, 1.54) is 28.0 Å². The predicted molar refractivity (Wildman–Crippen MR) is 80.3 cm³/mol. The van der Waals surface area contributed by atoms with Gasteiger partial charge in [-0.1, -0.05) is 23.1 Å². The predicted octanol–water partition coefficient (Wildman–Crippen LogP) is 1.70. The van der Waals surface area contributed by atoms with Crippen LogP contribution in [-0.4, -0.2) is 49.0 Å². The van der Waals surface area contributed by atoms with Crippen molar-refractivity contribution in [3.05, 3.63) is 16.8 Å². The van der Waals surface area contributed by atoms with Crippen molar-refractivity contribution < 1.29 is 14.7 Å². The number of nitrogens with zero attached hydrogens (tertiary/aromatic N) is 3. The molecule has 20 heavy (non-hydrogen) atoms. The van der Waals surface area contributed by atoms with E-state index in [2.05, 4.69) is 10.2 Å². The maximum Gasteiger partial charge on any atom is 0.352 e. The van der Waals surface area contributed by atoms with Gasteiger partial charge in [0.25, 0.3) is 0 Å². The summed E-state index contributed by atoms with van der Waals surface area (Å²) >= 11 is 4.50. The first-order valence-corrected chi connectivity index (χ1v) is 8.36. The van der Waals surface area contributed by atoms with Crippen molar-refractivity contribution in [1.82, 2.24) is 15.1 Å². The molecular weight excluding hydrogens is 342 g/mol. The molecule has 2 aliphatic rings. The van der Waals surface area contributed by atoms with Gasteiger partial charge in [0.15, 0.2) is 4.34 Å². The van der Waals surface area contributed by atoms with Gasteiger partial charge in [0.05, 0.1) is 11.8 Å². The molecule has 1 aromatic rings. The van der Waals surface area contributed by atoms with Crippen LogP contribution in [0.1, 0.15) is 6.42 Å². The number of carboxylic acids is 1. The van der Waals surface area contributed by atoms with Gasteiger partial charge in [-0.15, -0.1) is 34.4 Å². The van der Waals surface area contributed by atoms with Gasteiger partial charge in [-0.2, -0.15) is 0 Å². The van der Waals surface area contributed by atoms with Crippen LogP contribution in [0, 0.1) is 0 Å². The lowest BCUT2D eigenvalue weighted by molar-refractivity contribution is -0.146. The molecule has 1 saturated heterocycles. The van der Waals surface area contributed by atoms with Crippen molar-refractivity contribution in [2.24, 2.45) is 0 Å². The zero-order valence-electron chi connectivity index (χ0n) is 10.0. The van der Waals surface area contributed by atoms with Crippen LogP contribution < -0.4 is 0 Å². The molecule has 1 atom stereocenters. The van der Waals surface area contributed by atoms with E-state index in [0.29, 0.717) is 17.9 Å². The van der Waals surface area contributed by atoms with E-state index in [9.17, 15) is 14.7 Å². The fourth-order valence-corrected chi connectivity index (χ4v) is 4.86. The molecule has 1 aromatic heterocycles. The average Bonchev–Trinajstić information content (AvgIpc) is 2.88. The van der Waals surface area contributed by atoms with Gasteiger partial charge < -0.3 is 5.11 Å². The fraction of sp³-hybridized carbons (Fsp3) is 0.400. The van der Waals surface area contributed by atoms with E-state index in [0.717, 1.165) is 9.91 Å². The van der Waals surface area contributed by atoms with Crippen LogP contribution >= 0.6 is 47.3 Å². The van der Waals surface area contributed by atoms with Crippen LogP contribution in [0.25, 0.3) is 0 Å². The van der Waals surface area contributed by atoms with E-state index in [1.54, 1.807) is 17.3 Å². The highest BCUT2D eigenvalue weighted by Gasteiger charge is 2.45. The van der Waals surface area contributed by atoms with E-state index in [4.69, 9.17) is 0 Å². The number of halogens is 1. The molecule has 1 N–H and O–H groups in total. The Hall–Kier alpha value is -0.770. The summed E-state index contributed by atoms with van der Waals surface area (Å²) in [4.78, 5) is 24.3. The Labute approximate surface area is 133 Å². The summed E-state index contributed by atoms with van der Waals surface area (Å²) in [6.45, 7) is 0. The SMILES string of the molecule is Cl.O=C(O)C1=C(CSc2nncs2)CS[C@@H]2CC(=O)N12. The van der Waals surface area contributed by atoms with Crippen molar-refractivity contribution in [3.8, 4) is 0 Å². The minimum Gasteiger partial charge on any atom is -0.477 e. The molecule has 10 heteroatoms. The Morgan fingerprint density at radius 1 is 1.60 bits per heavy atom. The Morgan fingerprint density at radius 2 is 2.40 bits per heavy atom. The summed E-state index contributed by atoms with van der Waals surface area (Å²) < 4.78 is 0.805. The number of hydrogen-bond donors (Lipinski definition) is 1. The number of aliphatic carboxylic acids is 1. The number of rotatable bonds is 4. The van der Waals surface area contributed by atoms with Crippen LogP contribution in [0.5, 0.6) is 0 Å². The van der Waals surface area contributed by atoms with Crippen molar-refractivity contribution in [2.45, 2.75) is 16.1 Å². The molecule has 1 fully saturated rings. The zero-order chi connectivity index (χ0) is 13.4. The van der Waals surface area contributed by atoms with Crippen molar-refractivity contribution in [2.75, 3.05) is 11.5 Å². The molecular formula is C10H10ClN3O3S3. The second-order valence-corrected chi connectivity index (χ2v) is 7.21. The molecule has 3 rings (SSSR count). The second kappa shape index (κ2) is 6.33. The Kier molecular flexibility index (Phi) is 4.95. The molecule has 0 spiro atoms. The summed E-state index contributed by atoms with van der Waals surface area (Å²) in [6.07, 6.45) is 0.443. The van der Waals surface area contributed by atoms with E-state index in [1.807, 2.05) is 0 Å². The smallest absolute Gasteiger partial charge is 0.352 e. The number of carbonyl (C=O) groups excluding carboxylic acids is 1. The van der Waals surface area contributed by atoms with Crippen LogP contribution in [0.3, 0.4) is 0 Å². The third-order valence-electron chi connectivity index (χ3n) is 2.84. The summed E-state index contributed by atoms with van der Waals surface area (Å²) in [7, 11) is 0. The summed E-state index contributed by atoms with van der Waals surface area (Å²) in [6, 6.07) is 0. The highest BCUT2D eigenvalue weighted by molar-refractivity contribution is 8.01. The second-order valence-electron chi connectivity index (χ2n) is 3.98. The summed E-state index contributed by atoms with van der Waals surface area (Å²) in [5, 5.41) is 17.0. The number of aromatic nitrogens is 2. The largest absolute Gasteiger partial charge is 0.477 e. The van der Waals surface area contributed by atoms with Crippen LogP contribution in [0.2, 0.25) is 0 Å². The molecule has 0 bridgehead atoms. The molecule has 0 aromatic carbocycles. The highest BCUT2D eigenvalue weighted by atomic mass is 35.5. The van der Waals surface area contributed by atoms with Gasteiger partial charge in [0, 0.05) is 11.5 Å². The standard InChI is InChI=1S/C10H9N3O3S3.ClH/c14-6-1-7-13(6)8(9(15)16)5(2-17-7)3-18-10-12-11-4-19-10;/h4,7H,1-3H2,(H,15,16);1H/t7-;/m1./s1. The third-order valence-corrected chi connectivity index (χ3v) is 6.07. The third kappa shape index (κ3) is 2.80. The summed E-state index contributed by atoms with van der Waals surface area (Å²) in [5.74, 6) is 0.0570. The topological polar surface area (TPSA) is 83.4 Å². The zero-order valence-corrected chi connectivity index (χ0v) is 13.3. The Bertz CT molecular complexity index is 563. The lowest BCUT2D eigenvalue weighted by Crippen LogP contribution is -2.54. The number of β-lactam (4-membered cyclic amide) rings is 1. The lowest BCUT2D eigenvalue weighted by Gasteiger charge is -2.43. The number of amides is 1. The average molecular weight is 352 g/mol. The van der Waals surface area contributed by atoms with Crippen molar-refractivity contribution in [3.63, 3.8) is 0 Å². The van der Waals surface area contributed by atoms with Gasteiger partial charge in [0.2, 0.25) is 5.91 Å². The molecule has 0 saturated carbocycles. The first-order chi connectivity index (χ1) is 9.16. The minimum absolute atomic E-state index is 0. The fourth-order valence-electron chi connectivity index (χ4n) is 1.96. The van der Waals surface area contributed by atoms with Gasteiger partial charge in [-0.25, -0.2) is 4.79 Å². The molecule has 1 amide bonds.